The summed E-state index contributed by atoms with van der Waals surface area (Å²) < 4.78 is 11.6. The summed E-state index contributed by atoms with van der Waals surface area (Å²) in [5, 5.41) is 0.795. The molecule has 1 fully saturated rings. The summed E-state index contributed by atoms with van der Waals surface area (Å²) in [6, 6.07) is 18.1. The maximum absolute atomic E-state index is 10.8. The van der Waals surface area contributed by atoms with Gasteiger partial charge >= 0.3 is 0 Å². The number of hydrogen-bond donors (Lipinski definition) is 0. The van der Waals surface area contributed by atoms with Crippen LogP contribution in [0.5, 0.6) is 11.5 Å². The van der Waals surface area contributed by atoms with Crippen molar-refractivity contribution in [2.24, 2.45) is 0 Å². The number of rotatable bonds is 7. The van der Waals surface area contributed by atoms with E-state index < -0.39 is 0 Å². The minimum Gasteiger partial charge on any atom is -0.487 e. The van der Waals surface area contributed by atoms with Gasteiger partial charge in [0, 0.05) is 28.9 Å². The van der Waals surface area contributed by atoms with Crippen molar-refractivity contribution in [3.8, 4) is 11.5 Å². The molecule has 0 spiro atoms. The molecule has 5 rings (SSSR count). The van der Waals surface area contributed by atoms with E-state index in [1.165, 1.54) is 18.4 Å². The number of halogens is 1. The van der Waals surface area contributed by atoms with Crippen LogP contribution in [-0.4, -0.2) is 42.4 Å². The third-order valence-electron chi connectivity index (χ3n) is 6.83. The number of hydrogen-bond acceptors (Lipinski definition) is 5. The van der Waals surface area contributed by atoms with Gasteiger partial charge in [0.15, 0.2) is 6.29 Å². The summed E-state index contributed by atoms with van der Waals surface area (Å²) >= 11 is 6.05. The molecule has 2 aliphatic heterocycles. The smallest absolute Gasteiger partial charge is 0.157 e. The second-order valence-corrected chi connectivity index (χ2v) is 9.43. The summed E-state index contributed by atoms with van der Waals surface area (Å²) in [4.78, 5) is 17.9. The third kappa shape index (κ3) is 5.58. The quantitative estimate of drug-likeness (QED) is 0.387. The minimum absolute atomic E-state index is 0.0306. The first-order chi connectivity index (χ1) is 17.2. The highest BCUT2D eigenvalue weighted by Gasteiger charge is 2.22. The minimum atomic E-state index is 0.0306. The molecule has 2 aliphatic rings. The van der Waals surface area contributed by atoms with Crippen LogP contribution in [0.1, 0.15) is 47.6 Å². The Hall–Kier alpha value is -3.15. The van der Waals surface area contributed by atoms with Crippen molar-refractivity contribution in [1.29, 1.82) is 0 Å². The maximum atomic E-state index is 10.8. The number of pyridine rings is 1. The first kappa shape index (κ1) is 23.6. The van der Waals surface area contributed by atoms with E-state index in [1.807, 2.05) is 36.4 Å². The van der Waals surface area contributed by atoms with Gasteiger partial charge in [-0.2, -0.15) is 0 Å². The second-order valence-electron chi connectivity index (χ2n) is 9.00. The molecule has 180 valence electrons. The number of likely N-dealkylation sites (tertiary alicyclic amines) is 1. The molecule has 3 aromatic rings. The number of aromatic nitrogens is 1. The zero-order valence-corrected chi connectivity index (χ0v) is 20.4. The lowest BCUT2D eigenvalue weighted by Gasteiger charge is -2.32. The van der Waals surface area contributed by atoms with Crippen LogP contribution in [0.2, 0.25) is 5.02 Å². The first-order valence-electron chi connectivity index (χ1n) is 12.2. The van der Waals surface area contributed by atoms with Crippen molar-refractivity contribution >= 4 is 23.5 Å². The number of benzene rings is 2. The Morgan fingerprint density at radius 2 is 1.91 bits per heavy atom. The molecule has 5 nitrogen and oxygen atoms in total. The van der Waals surface area contributed by atoms with Crippen LogP contribution in [0.15, 0.2) is 66.9 Å². The zero-order valence-electron chi connectivity index (χ0n) is 19.7. The number of nitrogens with zero attached hydrogens (tertiary/aromatic N) is 2. The molecule has 1 saturated heterocycles. The molecule has 1 aromatic heterocycles. The number of piperidine rings is 1. The molecule has 6 heteroatoms. The van der Waals surface area contributed by atoms with Crippen LogP contribution in [0.3, 0.4) is 0 Å². The Kier molecular flexibility index (Phi) is 7.45. The fraction of sp³-hybridized carbons (Fsp3) is 0.310. The van der Waals surface area contributed by atoms with Gasteiger partial charge in [0.2, 0.25) is 0 Å². The Morgan fingerprint density at radius 1 is 1.09 bits per heavy atom. The van der Waals surface area contributed by atoms with E-state index in [1.54, 1.807) is 6.20 Å². The van der Waals surface area contributed by atoms with Gasteiger partial charge < -0.3 is 14.4 Å². The molecular formula is C29H29ClN2O3. The van der Waals surface area contributed by atoms with E-state index in [2.05, 4.69) is 34.2 Å². The van der Waals surface area contributed by atoms with Gasteiger partial charge in [-0.25, -0.2) is 0 Å². The van der Waals surface area contributed by atoms with Crippen LogP contribution in [0, 0.1) is 0 Å². The van der Waals surface area contributed by atoms with Gasteiger partial charge in [0.05, 0.1) is 5.69 Å². The number of fused-ring (bicyclic) bond motifs is 2. The molecule has 0 saturated carbocycles. The summed E-state index contributed by atoms with van der Waals surface area (Å²) in [6.45, 7) is 3.65. The molecule has 0 amide bonds. The van der Waals surface area contributed by atoms with E-state index in [4.69, 9.17) is 21.1 Å². The lowest BCUT2D eigenvalue weighted by Crippen LogP contribution is -2.33. The van der Waals surface area contributed by atoms with Crippen LogP contribution in [-0.2, 0) is 11.4 Å². The average Bonchev–Trinajstić information content (AvgIpc) is 3.05. The predicted molar refractivity (Wildman–Crippen MR) is 138 cm³/mol. The molecule has 0 unspecified atom stereocenters. The highest BCUT2D eigenvalue weighted by atomic mass is 35.5. The summed E-state index contributed by atoms with van der Waals surface area (Å²) in [5.41, 5.74) is 5.48. The molecule has 0 radical (unpaired) electrons. The molecule has 0 N–H and O–H groups in total. The van der Waals surface area contributed by atoms with Gasteiger partial charge in [0.25, 0.3) is 0 Å². The fourth-order valence-corrected chi connectivity index (χ4v) is 5.12. The summed E-state index contributed by atoms with van der Waals surface area (Å²) in [7, 11) is 0. The third-order valence-corrected chi connectivity index (χ3v) is 7.08. The average molecular weight is 489 g/mol. The van der Waals surface area contributed by atoms with Gasteiger partial charge in [-0.3, -0.25) is 9.78 Å². The summed E-state index contributed by atoms with van der Waals surface area (Å²) in [5.74, 6) is 2.06. The lowest BCUT2D eigenvalue weighted by molar-refractivity contribution is -0.109. The highest BCUT2D eigenvalue weighted by Crippen LogP contribution is 2.38. The number of carbonyl (C=O) groups is 1. The van der Waals surface area contributed by atoms with Crippen molar-refractivity contribution in [3.63, 3.8) is 0 Å². The summed E-state index contributed by atoms with van der Waals surface area (Å²) in [6.07, 6.45) is 8.11. The molecular weight excluding hydrogens is 460 g/mol. The Labute approximate surface area is 211 Å². The van der Waals surface area contributed by atoms with Gasteiger partial charge in [-0.05, 0) is 85.8 Å². The molecule has 0 bridgehead atoms. The first-order valence-corrected chi connectivity index (χ1v) is 12.5. The predicted octanol–water partition coefficient (Wildman–Crippen LogP) is 5.91. The van der Waals surface area contributed by atoms with Crippen molar-refractivity contribution in [3.05, 3.63) is 94.3 Å². The number of aldehydes is 1. The topological polar surface area (TPSA) is 51.7 Å². The second kappa shape index (κ2) is 11.1. The van der Waals surface area contributed by atoms with E-state index in [9.17, 15) is 4.79 Å². The Balaban J connectivity index is 1.30. The highest BCUT2D eigenvalue weighted by molar-refractivity contribution is 6.30. The molecule has 2 aromatic carbocycles. The fourth-order valence-electron chi connectivity index (χ4n) is 4.99. The van der Waals surface area contributed by atoms with Crippen molar-refractivity contribution in [2.75, 3.05) is 26.2 Å². The largest absolute Gasteiger partial charge is 0.487 e. The van der Waals surface area contributed by atoms with Crippen molar-refractivity contribution in [2.45, 2.75) is 31.8 Å². The van der Waals surface area contributed by atoms with Crippen LogP contribution < -0.4 is 9.47 Å². The number of carbonyl (C=O) groups excluding carboxylic acids is 1. The van der Waals surface area contributed by atoms with E-state index >= 15 is 0 Å². The van der Waals surface area contributed by atoms with Gasteiger partial charge in [-0.1, -0.05) is 35.9 Å². The van der Waals surface area contributed by atoms with Gasteiger partial charge in [0.1, 0.15) is 24.7 Å². The van der Waals surface area contributed by atoms with E-state index in [-0.39, 0.29) is 6.61 Å². The zero-order chi connectivity index (χ0) is 24.0. The monoisotopic (exact) mass is 488 g/mol. The van der Waals surface area contributed by atoms with E-state index in [0.717, 1.165) is 65.5 Å². The van der Waals surface area contributed by atoms with Crippen molar-refractivity contribution < 1.29 is 14.3 Å². The molecule has 0 aliphatic carbocycles. The molecule has 35 heavy (non-hydrogen) atoms. The van der Waals surface area contributed by atoms with Crippen molar-refractivity contribution in [1.82, 2.24) is 9.88 Å². The SMILES string of the molecule is O=CCOc1ccc2c(c1)C(=CCCN1CCC(c3ccc(Cl)cc3)CC1)c1cccnc1CO2. The van der Waals surface area contributed by atoms with Crippen LogP contribution in [0.25, 0.3) is 5.57 Å². The maximum Gasteiger partial charge on any atom is 0.157 e. The Bertz CT molecular complexity index is 1200. The van der Waals surface area contributed by atoms with Crippen LogP contribution in [0.4, 0.5) is 0 Å². The molecule has 0 atom stereocenters. The standard InChI is InChI=1S/C29H29ClN2O3/c30-23-7-5-21(6-8-23)22-11-15-32(16-12-22)14-2-4-25-26-3-1-13-31-28(26)20-35-29-10-9-24(19-27(25)29)34-18-17-33/h1,3-10,13,17,19,22H,2,11-12,14-16,18,20H2. The van der Waals surface area contributed by atoms with Crippen LogP contribution >= 0.6 is 11.6 Å². The number of ether oxygens (including phenoxy) is 2. The molecule has 3 heterocycles. The normalized spacial score (nSPS) is 17.2. The van der Waals surface area contributed by atoms with E-state index in [0.29, 0.717) is 18.3 Å². The Morgan fingerprint density at radius 3 is 2.71 bits per heavy atom. The van der Waals surface area contributed by atoms with Gasteiger partial charge in [-0.15, -0.1) is 0 Å². The lowest BCUT2D eigenvalue weighted by atomic mass is 9.89.